The average molecular weight is 284 g/mol. The van der Waals surface area contributed by atoms with Crippen molar-refractivity contribution in [1.82, 2.24) is 10.2 Å². The second-order valence-corrected chi connectivity index (χ2v) is 6.26. The summed E-state index contributed by atoms with van der Waals surface area (Å²) in [4.78, 5) is 2.65. The van der Waals surface area contributed by atoms with E-state index in [1.807, 2.05) is 0 Å². The standard InChI is InChI=1S/C17H36N2O/c1-6-12-18-16(15-10-13-20-14-11-15)17(5,7-2)19(8-3)9-4/h15-16,18H,6-14H2,1-5H3. The van der Waals surface area contributed by atoms with Gasteiger partial charge in [-0.15, -0.1) is 0 Å². The molecule has 0 spiro atoms. The van der Waals surface area contributed by atoms with Gasteiger partial charge in [0.15, 0.2) is 0 Å². The smallest absolute Gasteiger partial charge is 0.0469 e. The summed E-state index contributed by atoms with van der Waals surface area (Å²) >= 11 is 0. The van der Waals surface area contributed by atoms with Crippen LogP contribution in [0.2, 0.25) is 0 Å². The van der Waals surface area contributed by atoms with Crippen LogP contribution in [-0.2, 0) is 4.74 Å². The van der Waals surface area contributed by atoms with Crippen LogP contribution in [0, 0.1) is 5.92 Å². The van der Waals surface area contributed by atoms with Crippen molar-refractivity contribution in [2.24, 2.45) is 5.92 Å². The minimum Gasteiger partial charge on any atom is -0.381 e. The predicted molar refractivity (Wildman–Crippen MR) is 87.2 cm³/mol. The molecule has 0 bridgehead atoms. The molecule has 0 aromatic carbocycles. The van der Waals surface area contributed by atoms with E-state index in [1.54, 1.807) is 0 Å². The van der Waals surface area contributed by atoms with Crippen molar-refractivity contribution >= 4 is 0 Å². The lowest BCUT2D eigenvalue weighted by Crippen LogP contribution is -2.62. The van der Waals surface area contributed by atoms with Crippen molar-refractivity contribution in [3.05, 3.63) is 0 Å². The second-order valence-electron chi connectivity index (χ2n) is 6.26. The first-order chi connectivity index (χ1) is 9.63. The van der Waals surface area contributed by atoms with Gasteiger partial charge in [-0.2, -0.15) is 0 Å². The molecule has 120 valence electrons. The summed E-state index contributed by atoms with van der Waals surface area (Å²) in [5, 5.41) is 3.88. The zero-order chi connectivity index (χ0) is 15.0. The van der Waals surface area contributed by atoms with E-state index < -0.39 is 0 Å². The molecule has 2 atom stereocenters. The lowest BCUT2D eigenvalue weighted by molar-refractivity contribution is -0.000632. The maximum Gasteiger partial charge on any atom is 0.0469 e. The number of likely N-dealkylation sites (N-methyl/N-ethyl adjacent to an activating group) is 1. The molecule has 1 fully saturated rings. The quantitative estimate of drug-likeness (QED) is 0.703. The monoisotopic (exact) mass is 284 g/mol. The maximum absolute atomic E-state index is 5.57. The summed E-state index contributed by atoms with van der Waals surface area (Å²) in [6.07, 6.45) is 4.82. The van der Waals surface area contributed by atoms with Crippen molar-refractivity contribution in [3.8, 4) is 0 Å². The van der Waals surface area contributed by atoms with Crippen molar-refractivity contribution in [2.45, 2.75) is 71.9 Å². The molecule has 3 nitrogen and oxygen atoms in total. The molecule has 1 aliphatic heterocycles. The van der Waals surface area contributed by atoms with E-state index in [9.17, 15) is 0 Å². The number of hydrogen-bond acceptors (Lipinski definition) is 3. The summed E-state index contributed by atoms with van der Waals surface area (Å²) < 4.78 is 5.57. The van der Waals surface area contributed by atoms with Gasteiger partial charge in [0.2, 0.25) is 0 Å². The first-order valence-electron chi connectivity index (χ1n) is 8.70. The number of nitrogens with zero attached hydrogens (tertiary/aromatic N) is 1. The molecular weight excluding hydrogens is 248 g/mol. The van der Waals surface area contributed by atoms with E-state index in [-0.39, 0.29) is 5.54 Å². The normalized spacial score (nSPS) is 21.9. The lowest BCUT2D eigenvalue weighted by atomic mass is 9.76. The van der Waals surface area contributed by atoms with E-state index >= 15 is 0 Å². The van der Waals surface area contributed by atoms with Gasteiger partial charge >= 0.3 is 0 Å². The fourth-order valence-electron chi connectivity index (χ4n) is 3.83. The highest BCUT2D eigenvalue weighted by Gasteiger charge is 2.41. The van der Waals surface area contributed by atoms with Crippen LogP contribution in [0.15, 0.2) is 0 Å². The molecule has 0 saturated carbocycles. The molecule has 1 aliphatic rings. The van der Waals surface area contributed by atoms with Crippen molar-refractivity contribution < 1.29 is 4.74 Å². The first kappa shape index (κ1) is 17.9. The highest BCUT2D eigenvalue weighted by atomic mass is 16.5. The molecule has 1 N–H and O–H groups in total. The molecule has 1 saturated heterocycles. The molecule has 1 rings (SSSR count). The van der Waals surface area contributed by atoms with E-state index in [0.29, 0.717) is 6.04 Å². The van der Waals surface area contributed by atoms with Gasteiger partial charge in [-0.25, -0.2) is 0 Å². The van der Waals surface area contributed by atoms with Gasteiger partial charge in [0.05, 0.1) is 0 Å². The molecule has 1 heterocycles. The highest BCUT2D eigenvalue weighted by molar-refractivity contribution is 4.99. The summed E-state index contributed by atoms with van der Waals surface area (Å²) in [5.74, 6) is 0.751. The van der Waals surface area contributed by atoms with Crippen LogP contribution in [-0.4, -0.2) is 49.3 Å². The Hall–Kier alpha value is -0.120. The zero-order valence-corrected chi connectivity index (χ0v) is 14.4. The third kappa shape index (κ3) is 4.19. The predicted octanol–water partition coefficient (Wildman–Crippen LogP) is 3.29. The van der Waals surface area contributed by atoms with Crippen LogP contribution >= 0.6 is 0 Å². The Morgan fingerprint density at radius 2 is 1.75 bits per heavy atom. The van der Waals surface area contributed by atoms with Crippen molar-refractivity contribution in [1.29, 1.82) is 0 Å². The van der Waals surface area contributed by atoms with Gasteiger partial charge in [-0.05, 0) is 58.2 Å². The SMILES string of the molecule is CCCNC(C1CCOCC1)C(C)(CC)N(CC)CC. The molecule has 0 aromatic rings. The Kier molecular flexibility index (Phi) is 8.08. The third-order valence-corrected chi connectivity index (χ3v) is 5.22. The Balaban J connectivity index is 2.91. The van der Waals surface area contributed by atoms with Gasteiger partial charge in [0.1, 0.15) is 0 Å². The number of hydrogen-bond donors (Lipinski definition) is 1. The average Bonchev–Trinajstić information content (AvgIpc) is 2.49. The third-order valence-electron chi connectivity index (χ3n) is 5.22. The molecule has 20 heavy (non-hydrogen) atoms. The van der Waals surface area contributed by atoms with Crippen LogP contribution in [0.1, 0.15) is 60.3 Å². The molecule has 2 unspecified atom stereocenters. The van der Waals surface area contributed by atoms with Crippen LogP contribution in [0.5, 0.6) is 0 Å². The number of nitrogens with one attached hydrogen (secondary N) is 1. The fraction of sp³-hybridized carbons (Fsp3) is 1.00. The van der Waals surface area contributed by atoms with E-state index in [1.165, 1.54) is 25.7 Å². The van der Waals surface area contributed by atoms with Crippen molar-refractivity contribution in [3.63, 3.8) is 0 Å². The minimum absolute atomic E-state index is 0.251. The number of rotatable bonds is 9. The number of ether oxygens (including phenoxy) is 1. The molecular formula is C17H36N2O. The molecule has 0 aromatic heterocycles. The maximum atomic E-state index is 5.57. The van der Waals surface area contributed by atoms with Crippen LogP contribution in [0.4, 0.5) is 0 Å². The highest BCUT2D eigenvalue weighted by Crippen LogP contribution is 2.32. The van der Waals surface area contributed by atoms with Gasteiger partial charge in [0.25, 0.3) is 0 Å². The molecule has 0 aliphatic carbocycles. The minimum atomic E-state index is 0.251. The molecule has 3 heteroatoms. The molecule has 0 radical (unpaired) electrons. The largest absolute Gasteiger partial charge is 0.381 e. The van der Waals surface area contributed by atoms with Crippen LogP contribution in [0.25, 0.3) is 0 Å². The van der Waals surface area contributed by atoms with E-state index in [4.69, 9.17) is 4.74 Å². The van der Waals surface area contributed by atoms with Crippen LogP contribution < -0.4 is 5.32 Å². The second kappa shape index (κ2) is 9.01. The van der Waals surface area contributed by atoms with Crippen molar-refractivity contribution in [2.75, 3.05) is 32.8 Å². The first-order valence-corrected chi connectivity index (χ1v) is 8.70. The van der Waals surface area contributed by atoms with Gasteiger partial charge in [-0.3, -0.25) is 4.90 Å². The van der Waals surface area contributed by atoms with Gasteiger partial charge in [-0.1, -0.05) is 27.7 Å². The molecule has 0 amide bonds. The van der Waals surface area contributed by atoms with Gasteiger partial charge < -0.3 is 10.1 Å². The Bertz CT molecular complexity index is 249. The summed E-state index contributed by atoms with van der Waals surface area (Å²) in [7, 11) is 0. The van der Waals surface area contributed by atoms with Gasteiger partial charge in [0, 0.05) is 24.8 Å². The summed E-state index contributed by atoms with van der Waals surface area (Å²) in [6.45, 7) is 16.9. The Labute approximate surface area is 126 Å². The Morgan fingerprint density at radius 1 is 1.15 bits per heavy atom. The Morgan fingerprint density at radius 3 is 2.20 bits per heavy atom. The fourth-order valence-corrected chi connectivity index (χ4v) is 3.83. The van der Waals surface area contributed by atoms with Crippen LogP contribution in [0.3, 0.4) is 0 Å². The zero-order valence-electron chi connectivity index (χ0n) is 14.4. The summed E-state index contributed by atoms with van der Waals surface area (Å²) in [6, 6.07) is 0.580. The topological polar surface area (TPSA) is 24.5 Å². The summed E-state index contributed by atoms with van der Waals surface area (Å²) in [5.41, 5.74) is 0.251. The van der Waals surface area contributed by atoms with E-state index in [2.05, 4.69) is 44.8 Å². The lowest BCUT2D eigenvalue weighted by Gasteiger charge is -2.49. The van der Waals surface area contributed by atoms with E-state index in [0.717, 1.165) is 38.8 Å².